The fraction of sp³-hybridized carbons (Fsp3) is 0.0476. The first-order chi connectivity index (χ1) is 14.7. The molecule has 0 aliphatic carbocycles. The standard InChI is InChI=1S/C21H12ClF3N2O3S/c22-13-3-5-14(6-4-13)27-19(28)18(31-20(27)26)11-16-9-10-17(29-16)12-1-7-15(8-2-12)30-21(23,24)25/h1-11,26H/b18-11-,26-20?. The molecule has 0 unspecified atom stereocenters. The molecule has 1 saturated heterocycles. The fourth-order valence-corrected chi connectivity index (χ4v) is 3.81. The lowest BCUT2D eigenvalue weighted by atomic mass is 10.2. The molecular weight excluding hydrogens is 453 g/mol. The van der Waals surface area contributed by atoms with Crippen molar-refractivity contribution in [2.45, 2.75) is 6.36 Å². The number of alkyl halides is 3. The topological polar surface area (TPSA) is 66.5 Å². The van der Waals surface area contributed by atoms with Gasteiger partial charge in [0.15, 0.2) is 5.17 Å². The predicted molar refractivity (Wildman–Crippen MR) is 113 cm³/mol. The highest BCUT2D eigenvalue weighted by molar-refractivity contribution is 8.19. The number of carbonyl (C=O) groups excluding carboxylic acids is 1. The van der Waals surface area contributed by atoms with Gasteiger partial charge in [0.1, 0.15) is 17.3 Å². The molecule has 2 heterocycles. The Bertz CT molecular complexity index is 1170. The van der Waals surface area contributed by atoms with Crippen LogP contribution < -0.4 is 9.64 Å². The zero-order valence-corrected chi connectivity index (χ0v) is 17.0. The van der Waals surface area contributed by atoms with Gasteiger partial charge < -0.3 is 9.15 Å². The largest absolute Gasteiger partial charge is 0.573 e. The van der Waals surface area contributed by atoms with Crippen LogP contribution in [0.5, 0.6) is 5.75 Å². The highest BCUT2D eigenvalue weighted by atomic mass is 35.5. The minimum Gasteiger partial charge on any atom is -0.457 e. The Morgan fingerprint density at radius 2 is 1.71 bits per heavy atom. The SMILES string of the molecule is N=C1S/C(=C\c2ccc(-c3ccc(OC(F)(F)F)cc3)o2)C(=O)N1c1ccc(Cl)cc1. The average molecular weight is 465 g/mol. The number of nitrogens with zero attached hydrogens (tertiary/aromatic N) is 1. The van der Waals surface area contributed by atoms with Crippen molar-refractivity contribution in [2.24, 2.45) is 0 Å². The van der Waals surface area contributed by atoms with E-state index in [1.807, 2.05) is 0 Å². The summed E-state index contributed by atoms with van der Waals surface area (Å²) in [7, 11) is 0. The molecule has 1 aromatic heterocycles. The number of amides is 1. The third-order valence-corrected chi connectivity index (χ3v) is 5.32. The molecule has 31 heavy (non-hydrogen) atoms. The summed E-state index contributed by atoms with van der Waals surface area (Å²) in [4.78, 5) is 14.3. The van der Waals surface area contributed by atoms with Gasteiger partial charge in [-0.2, -0.15) is 0 Å². The Morgan fingerprint density at radius 3 is 2.35 bits per heavy atom. The molecule has 1 amide bonds. The van der Waals surface area contributed by atoms with Crippen molar-refractivity contribution >= 4 is 46.2 Å². The van der Waals surface area contributed by atoms with Crippen molar-refractivity contribution in [1.29, 1.82) is 5.41 Å². The molecule has 1 aliphatic rings. The monoisotopic (exact) mass is 464 g/mol. The molecule has 0 saturated carbocycles. The van der Waals surface area contributed by atoms with E-state index in [-0.39, 0.29) is 16.8 Å². The molecule has 0 bridgehead atoms. The third kappa shape index (κ3) is 4.78. The number of hydrogen-bond donors (Lipinski definition) is 1. The molecule has 158 valence electrons. The first-order valence-corrected chi connectivity index (χ1v) is 9.93. The van der Waals surface area contributed by atoms with E-state index in [0.717, 1.165) is 11.8 Å². The van der Waals surface area contributed by atoms with Crippen molar-refractivity contribution in [2.75, 3.05) is 4.90 Å². The van der Waals surface area contributed by atoms with E-state index in [0.29, 0.717) is 32.7 Å². The lowest BCUT2D eigenvalue weighted by molar-refractivity contribution is -0.274. The molecule has 0 spiro atoms. The van der Waals surface area contributed by atoms with E-state index in [4.69, 9.17) is 21.4 Å². The van der Waals surface area contributed by atoms with Crippen molar-refractivity contribution in [1.82, 2.24) is 0 Å². The van der Waals surface area contributed by atoms with Crippen LogP contribution in [-0.2, 0) is 4.79 Å². The quantitative estimate of drug-likeness (QED) is 0.444. The summed E-state index contributed by atoms with van der Waals surface area (Å²) in [6, 6.07) is 15.1. The number of carbonyl (C=O) groups is 1. The second kappa shape index (κ2) is 8.16. The van der Waals surface area contributed by atoms with Crippen molar-refractivity contribution < 1.29 is 27.1 Å². The fourth-order valence-electron chi connectivity index (χ4n) is 2.85. The van der Waals surface area contributed by atoms with Crippen LogP contribution in [0, 0.1) is 5.41 Å². The maximum absolute atomic E-state index is 12.7. The zero-order valence-electron chi connectivity index (χ0n) is 15.4. The number of rotatable bonds is 4. The first kappa shape index (κ1) is 21.1. The molecular formula is C21H12ClF3N2O3S. The molecule has 0 atom stereocenters. The number of anilines is 1. The van der Waals surface area contributed by atoms with Crippen LogP contribution in [0.3, 0.4) is 0 Å². The third-order valence-electron chi connectivity index (χ3n) is 4.18. The molecule has 0 radical (unpaired) electrons. The second-order valence-electron chi connectivity index (χ2n) is 6.31. The summed E-state index contributed by atoms with van der Waals surface area (Å²) < 4.78 is 46.4. The number of furan rings is 1. The average Bonchev–Trinajstić information content (AvgIpc) is 3.27. The Hall–Kier alpha value is -3.17. The predicted octanol–water partition coefficient (Wildman–Crippen LogP) is 6.55. The maximum atomic E-state index is 12.7. The van der Waals surface area contributed by atoms with Crippen LogP contribution in [0.15, 0.2) is 70.0 Å². The van der Waals surface area contributed by atoms with E-state index >= 15 is 0 Å². The van der Waals surface area contributed by atoms with Crippen molar-refractivity contribution in [3.05, 3.63) is 76.4 Å². The van der Waals surface area contributed by atoms with Gasteiger partial charge >= 0.3 is 6.36 Å². The minimum atomic E-state index is -4.76. The lowest BCUT2D eigenvalue weighted by Crippen LogP contribution is -2.27. The number of thioether (sulfide) groups is 1. The van der Waals surface area contributed by atoms with Gasteiger partial charge in [0.05, 0.1) is 10.6 Å². The molecule has 10 heteroatoms. The first-order valence-electron chi connectivity index (χ1n) is 8.74. The second-order valence-corrected chi connectivity index (χ2v) is 7.77. The molecule has 3 aromatic rings. The van der Waals surface area contributed by atoms with Gasteiger partial charge in [0, 0.05) is 16.7 Å². The molecule has 1 N–H and O–H groups in total. The van der Waals surface area contributed by atoms with Gasteiger partial charge in [-0.25, -0.2) is 0 Å². The lowest BCUT2D eigenvalue weighted by Gasteiger charge is -2.14. The van der Waals surface area contributed by atoms with Crippen molar-refractivity contribution in [3.8, 4) is 17.1 Å². The molecule has 4 rings (SSSR count). The molecule has 2 aromatic carbocycles. The van der Waals surface area contributed by atoms with Gasteiger partial charge in [0.2, 0.25) is 0 Å². The minimum absolute atomic E-state index is 0.0469. The number of nitrogens with one attached hydrogen (secondary N) is 1. The summed E-state index contributed by atoms with van der Waals surface area (Å²) in [5.74, 6) is 0.0699. The molecule has 5 nitrogen and oxygen atoms in total. The highest BCUT2D eigenvalue weighted by Gasteiger charge is 2.34. The van der Waals surface area contributed by atoms with Crippen LogP contribution in [0.4, 0.5) is 18.9 Å². The van der Waals surface area contributed by atoms with Gasteiger partial charge in [-0.1, -0.05) is 11.6 Å². The summed E-state index contributed by atoms with van der Waals surface area (Å²) in [5, 5.41) is 8.68. The van der Waals surface area contributed by atoms with Crippen LogP contribution in [0.25, 0.3) is 17.4 Å². The van der Waals surface area contributed by atoms with E-state index in [2.05, 4.69) is 4.74 Å². The number of amidine groups is 1. The van der Waals surface area contributed by atoms with Crippen molar-refractivity contribution in [3.63, 3.8) is 0 Å². The van der Waals surface area contributed by atoms with Gasteiger partial charge in [-0.05, 0) is 72.4 Å². The summed E-state index contributed by atoms with van der Waals surface area (Å²) in [6.45, 7) is 0. The van der Waals surface area contributed by atoms with Crippen LogP contribution >= 0.6 is 23.4 Å². The maximum Gasteiger partial charge on any atom is 0.573 e. The van der Waals surface area contributed by atoms with E-state index in [1.54, 1.807) is 36.4 Å². The Balaban J connectivity index is 1.52. The number of halogens is 4. The van der Waals surface area contributed by atoms with E-state index < -0.39 is 6.36 Å². The molecule has 1 aliphatic heterocycles. The van der Waals surface area contributed by atoms with Crippen LogP contribution in [-0.4, -0.2) is 17.4 Å². The summed E-state index contributed by atoms with van der Waals surface area (Å²) in [6.07, 6.45) is -3.24. The number of benzene rings is 2. The highest BCUT2D eigenvalue weighted by Crippen LogP contribution is 2.36. The van der Waals surface area contributed by atoms with E-state index in [1.165, 1.54) is 35.2 Å². The number of ether oxygens (including phenoxy) is 1. The Labute approximate surface area is 183 Å². The zero-order chi connectivity index (χ0) is 22.2. The normalized spacial score (nSPS) is 15.7. The Morgan fingerprint density at radius 1 is 1.03 bits per heavy atom. The molecule has 1 fully saturated rings. The van der Waals surface area contributed by atoms with Gasteiger partial charge in [-0.3, -0.25) is 15.1 Å². The number of hydrogen-bond acceptors (Lipinski definition) is 5. The summed E-state index contributed by atoms with van der Waals surface area (Å²) in [5.41, 5.74) is 1.07. The smallest absolute Gasteiger partial charge is 0.457 e. The van der Waals surface area contributed by atoms with Gasteiger partial charge in [0.25, 0.3) is 5.91 Å². The van der Waals surface area contributed by atoms with Gasteiger partial charge in [-0.15, -0.1) is 13.2 Å². The van der Waals surface area contributed by atoms with E-state index in [9.17, 15) is 18.0 Å². The van der Waals surface area contributed by atoms with Crippen LogP contribution in [0.1, 0.15) is 5.76 Å². The summed E-state index contributed by atoms with van der Waals surface area (Å²) >= 11 is 6.87. The Kier molecular flexibility index (Phi) is 5.55. The van der Waals surface area contributed by atoms with Crippen LogP contribution in [0.2, 0.25) is 5.02 Å².